The van der Waals surface area contributed by atoms with Gasteiger partial charge in [0.25, 0.3) is 0 Å². The van der Waals surface area contributed by atoms with Gasteiger partial charge < -0.3 is 9.84 Å². The number of hydrogen-bond acceptors (Lipinski definition) is 4. The lowest BCUT2D eigenvalue weighted by molar-refractivity contribution is -0.144. The number of hydrogen-bond donors (Lipinski definition) is 2. The summed E-state index contributed by atoms with van der Waals surface area (Å²) >= 11 is 11.6. The van der Waals surface area contributed by atoms with Crippen molar-refractivity contribution in [3.05, 3.63) is 28.2 Å². The van der Waals surface area contributed by atoms with Crippen molar-refractivity contribution < 1.29 is 23.1 Å². The zero-order valence-corrected chi connectivity index (χ0v) is 12.4. The fourth-order valence-electron chi connectivity index (χ4n) is 1.86. The molecule has 1 atom stereocenters. The van der Waals surface area contributed by atoms with Gasteiger partial charge in [0.15, 0.2) is 5.54 Å². The number of halogens is 2. The quantitative estimate of drug-likeness (QED) is 0.867. The summed E-state index contributed by atoms with van der Waals surface area (Å²) in [6.45, 7) is -0.0716. The van der Waals surface area contributed by atoms with Crippen LogP contribution in [0.3, 0.4) is 0 Å². The van der Waals surface area contributed by atoms with E-state index >= 15 is 0 Å². The Bertz CT molecular complexity index is 640. The molecule has 2 rings (SSSR count). The maximum Gasteiger partial charge on any atom is 0.327 e. The van der Waals surface area contributed by atoms with Crippen molar-refractivity contribution >= 4 is 39.2 Å². The lowest BCUT2D eigenvalue weighted by Gasteiger charge is -2.23. The zero-order chi connectivity index (χ0) is 15.0. The number of aliphatic carboxylic acids is 1. The van der Waals surface area contributed by atoms with Crippen LogP contribution < -0.4 is 4.72 Å². The van der Waals surface area contributed by atoms with Crippen LogP contribution in [0, 0.1) is 0 Å². The predicted molar refractivity (Wildman–Crippen MR) is 72.6 cm³/mol. The normalized spacial score (nSPS) is 22.9. The Morgan fingerprint density at radius 1 is 1.40 bits per heavy atom. The maximum absolute atomic E-state index is 12.3. The van der Waals surface area contributed by atoms with Gasteiger partial charge in [-0.2, -0.15) is 4.72 Å². The van der Waals surface area contributed by atoms with Gasteiger partial charge in [0.2, 0.25) is 10.0 Å². The summed E-state index contributed by atoms with van der Waals surface area (Å²) in [5, 5.41) is 9.15. The molecule has 1 saturated heterocycles. The van der Waals surface area contributed by atoms with Crippen LogP contribution >= 0.6 is 23.2 Å². The van der Waals surface area contributed by atoms with Crippen molar-refractivity contribution in [3.63, 3.8) is 0 Å². The number of carboxylic acid groups (broad SMARTS) is 1. The Morgan fingerprint density at radius 2 is 2.10 bits per heavy atom. The number of nitrogens with one attached hydrogen (secondary N) is 1. The van der Waals surface area contributed by atoms with E-state index in [-0.39, 0.29) is 34.6 Å². The third-order valence-corrected chi connectivity index (χ3v) is 5.48. The summed E-state index contributed by atoms with van der Waals surface area (Å²) in [5.74, 6) is -1.29. The van der Waals surface area contributed by atoms with Crippen LogP contribution in [0.15, 0.2) is 23.1 Å². The van der Waals surface area contributed by atoms with E-state index < -0.39 is 21.5 Å². The van der Waals surface area contributed by atoms with Gasteiger partial charge in [0.05, 0.1) is 16.7 Å². The molecular weight excluding hydrogens is 329 g/mol. The highest BCUT2D eigenvalue weighted by atomic mass is 35.5. The van der Waals surface area contributed by atoms with Crippen molar-refractivity contribution in [3.8, 4) is 0 Å². The molecule has 1 unspecified atom stereocenters. The van der Waals surface area contributed by atoms with Crippen LogP contribution in [0.1, 0.15) is 6.42 Å². The van der Waals surface area contributed by atoms with Crippen LogP contribution in [0.5, 0.6) is 0 Å². The Hall–Kier alpha value is -0.860. The van der Waals surface area contributed by atoms with Gasteiger partial charge in [0.1, 0.15) is 4.90 Å². The molecule has 1 aliphatic heterocycles. The molecule has 1 aromatic carbocycles. The summed E-state index contributed by atoms with van der Waals surface area (Å²) in [6, 6.07) is 4.11. The number of sulfonamides is 1. The first-order chi connectivity index (χ1) is 9.28. The number of carbonyl (C=O) groups is 1. The van der Waals surface area contributed by atoms with E-state index in [1.165, 1.54) is 18.2 Å². The number of ether oxygens (including phenoxy) is 1. The lowest BCUT2D eigenvalue weighted by Crippen LogP contribution is -2.55. The average molecular weight is 340 g/mol. The largest absolute Gasteiger partial charge is 0.480 e. The summed E-state index contributed by atoms with van der Waals surface area (Å²) in [7, 11) is -4.13. The van der Waals surface area contributed by atoms with Crippen molar-refractivity contribution in [1.82, 2.24) is 4.72 Å². The fraction of sp³-hybridized carbons (Fsp3) is 0.364. The summed E-state index contributed by atoms with van der Waals surface area (Å²) < 4.78 is 31.7. The van der Waals surface area contributed by atoms with Gasteiger partial charge in [0, 0.05) is 13.0 Å². The van der Waals surface area contributed by atoms with Gasteiger partial charge >= 0.3 is 5.97 Å². The van der Waals surface area contributed by atoms with Gasteiger partial charge in [-0.3, -0.25) is 4.79 Å². The minimum absolute atomic E-state index is 0.0414. The highest BCUT2D eigenvalue weighted by Crippen LogP contribution is 2.30. The molecule has 9 heteroatoms. The van der Waals surface area contributed by atoms with Crippen molar-refractivity contribution in [2.45, 2.75) is 16.9 Å². The summed E-state index contributed by atoms with van der Waals surface area (Å²) in [4.78, 5) is 11.1. The molecule has 0 radical (unpaired) electrons. The van der Waals surface area contributed by atoms with E-state index in [0.29, 0.717) is 0 Å². The Balaban J connectivity index is 2.41. The van der Waals surface area contributed by atoms with E-state index in [1.54, 1.807) is 0 Å². The first kappa shape index (κ1) is 15.5. The first-order valence-corrected chi connectivity index (χ1v) is 7.81. The molecule has 110 valence electrons. The van der Waals surface area contributed by atoms with Gasteiger partial charge in [-0.05, 0) is 12.1 Å². The summed E-state index contributed by atoms with van der Waals surface area (Å²) in [5.41, 5.74) is -1.68. The van der Waals surface area contributed by atoms with E-state index in [0.717, 1.165) is 0 Å². The van der Waals surface area contributed by atoms with Gasteiger partial charge in [-0.15, -0.1) is 0 Å². The second-order valence-electron chi connectivity index (χ2n) is 4.35. The molecule has 6 nitrogen and oxygen atoms in total. The van der Waals surface area contributed by atoms with Crippen LogP contribution in [0.2, 0.25) is 10.0 Å². The molecule has 0 saturated carbocycles. The summed E-state index contributed by atoms with van der Waals surface area (Å²) in [6.07, 6.45) is 0.0414. The molecule has 1 aliphatic rings. The third kappa shape index (κ3) is 2.77. The number of carboxylic acids is 1. The molecule has 1 aromatic rings. The van der Waals surface area contributed by atoms with Crippen LogP contribution in [-0.4, -0.2) is 38.2 Å². The van der Waals surface area contributed by atoms with E-state index in [4.69, 9.17) is 27.9 Å². The van der Waals surface area contributed by atoms with Crippen LogP contribution in [0.4, 0.5) is 0 Å². The average Bonchev–Trinajstić information content (AvgIpc) is 2.81. The van der Waals surface area contributed by atoms with E-state index in [2.05, 4.69) is 4.72 Å². The number of benzene rings is 1. The standard InChI is InChI=1S/C11H11Cl2NO5S/c12-7-2-1-3-8(9(7)13)20(17,18)14-11(10(15)16)4-5-19-6-11/h1-3,14H,4-6H2,(H,15,16). The highest BCUT2D eigenvalue weighted by Gasteiger charge is 2.46. The smallest absolute Gasteiger partial charge is 0.327 e. The second kappa shape index (κ2) is 5.50. The molecule has 0 aliphatic carbocycles. The van der Waals surface area contributed by atoms with Crippen LogP contribution in [-0.2, 0) is 19.6 Å². The molecule has 0 bridgehead atoms. The first-order valence-electron chi connectivity index (χ1n) is 5.58. The van der Waals surface area contributed by atoms with Crippen LogP contribution in [0.25, 0.3) is 0 Å². The SMILES string of the molecule is O=C(O)C1(NS(=O)(=O)c2cccc(Cl)c2Cl)CCOC1. The molecule has 0 aromatic heterocycles. The predicted octanol–water partition coefficient (Wildman–Crippen LogP) is 1.52. The number of rotatable bonds is 4. The minimum atomic E-state index is -4.13. The Kier molecular flexibility index (Phi) is 4.27. The van der Waals surface area contributed by atoms with Gasteiger partial charge in [-0.1, -0.05) is 29.3 Å². The second-order valence-corrected chi connectivity index (χ2v) is 6.78. The Morgan fingerprint density at radius 3 is 2.65 bits per heavy atom. The van der Waals surface area contributed by atoms with Crippen molar-refractivity contribution in [2.24, 2.45) is 0 Å². The molecular formula is C11H11Cl2NO5S. The van der Waals surface area contributed by atoms with Gasteiger partial charge in [-0.25, -0.2) is 8.42 Å². The fourth-order valence-corrected chi connectivity index (χ4v) is 4.00. The minimum Gasteiger partial charge on any atom is -0.480 e. The van der Waals surface area contributed by atoms with E-state index in [1.807, 2.05) is 0 Å². The maximum atomic E-state index is 12.3. The monoisotopic (exact) mass is 339 g/mol. The molecule has 0 amide bonds. The molecule has 1 heterocycles. The zero-order valence-electron chi connectivity index (χ0n) is 10.1. The third-order valence-electron chi connectivity index (χ3n) is 2.97. The molecule has 1 fully saturated rings. The highest BCUT2D eigenvalue weighted by molar-refractivity contribution is 7.89. The van der Waals surface area contributed by atoms with E-state index in [9.17, 15) is 18.3 Å². The lowest BCUT2D eigenvalue weighted by atomic mass is 10.0. The molecule has 20 heavy (non-hydrogen) atoms. The molecule has 0 spiro atoms. The Labute approximate surface area is 125 Å². The molecule has 2 N–H and O–H groups in total. The van der Waals surface area contributed by atoms with Crippen molar-refractivity contribution in [2.75, 3.05) is 13.2 Å². The van der Waals surface area contributed by atoms with Crippen molar-refractivity contribution in [1.29, 1.82) is 0 Å². The topological polar surface area (TPSA) is 92.7 Å².